The molecule has 0 bridgehead atoms. The Morgan fingerprint density at radius 2 is 1.50 bits per heavy atom. The van der Waals surface area contributed by atoms with Crippen molar-refractivity contribution in [1.82, 2.24) is 0 Å². The van der Waals surface area contributed by atoms with Crippen LogP contribution in [0.1, 0.15) is 60.8 Å². The Bertz CT molecular complexity index is 1090. The normalized spacial score (nSPS) is 15.6. The lowest BCUT2D eigenvalue weighted by atomic mass is 9.78. The fourth-order valence-electron chi connectivity index (χ4n) is 4.63. The molecule has 4 rings (SSSR count). The Hall–Kier alpha value is -2.69. The summed E-state index contributed by atoms with van der Waals surface area (Å²) in [5.74, 6) is -6.19. The van der Waals surface area contributed by atoms with Crippen molar-refractivity contribution in [2.75, 3.05) is 0 Å². The molecular formula is C27H25F5. The average molecular weight is 444 g/mol. The fraction of sp³-hybridized carbons (Fsp3) is 0.333. The van der Waals surface area contributed by atoms with Crippen molar-refractivity contribution in [3.05, 3.63) is 93.8 Å². The molecule has 3 aromatic carbocycles. The van der Waals surface area contributed by atoms with Crippen molar-refractivity contribution >= 4 is 0 Å². The highest BCUT2D eigenvalue weighted by molar-refractivity contribution is 5.67. The third kappa shape index (κ3) is 4.43. The molecule has 0 aliphatic heterocycles. The van der Waals surface area contributed by atoms with E-state index in [-0.39, 0.29) is 11.5 Å². The summed E-state index contributed by atoms with van der Waals surface area (Å²) in [7, 11) is 0. The van der Waals surface area contributed by atoms with Gasteiger partial charge >= 0.3 is 0 Å². The molecule has 1 atom stereocenters. The molecule has 5 heteroatoms. The molecule has 0 N–H and O–H groups in total. The van der Waals surface area contributed by atoms with Crippen molar-refractivity contribution in [3.8, 4) is 11.1 Å². The van der Waals surface area contributed by atoms with Gasteiger partial charge in [0.05, 0.1) is 5.56 Å². The van der Waals surface area contributed by atoms with E-state index in [1.54, 1.807) is 0 Å². The second-order valence-electron chi connectivity index (χ2n) is 8.58. The van der Waals surface area contributed by atoms with Gasteiger partial charge in [-0.25, -0.2) is 22.0 Å². The lowest BCUT2D eigenvalue weighted by Gasteiger charge is -2.26. The highest BCUT2D eigenvalue weighted by Crippen LogP contribution is 2.39. The minimum atomic E-state index is -1.66. The lowest BCUT2D eigenvalue weighted by molar-refractivity contribution is 0.447. The summed E-state index contributed by atoms with van der Waals surface area (Å²) in [6.07, 6.45) is 6.17. The second-order valence-corrected chi connectivity index (χ2v) is 8.58. The fourth-order valence-corrected chi connectivity index (χ4v) is 4.63. The van der Waals surface area contributed by atoms with Crippen LogP contribution in [0.25, 0.3) is 11.1 Å². The van der Waals surface area contributed by atoms with Gasteiger partial charge in [-0.05, 0) is 84.0 Å². The van der Waals surface area contributed by atoms with Gasteiger partial charge in [-0.3, -0.25) is 0 Å². The molecule has 3 aromatic rings. The third-order valence-electron chi connectivity index (χ3n) is 6.41. The number of fused-ring (bicyclic) bond motifs is 1. The minimum Gasteiger partial charge on any atom is -0.206 e. The summed E-state index contributed by atoms with van der Waals surface area (Å²) < 4.78 is 70.6. The zero-order valence-electron chi connectivity index (χ0n) is 18.0. The zero-order chi connectivity index (χ0) is 22.8. The molecule has 0 heterocycles. The van der Waals surface area contributed by atoms with E-state index in [2.05, 4.69) is 31.2 Å². The van der Waals surface area contributed by atoms with E-state index >= 15 is 4.39 Å². The molecule has 1 unspecified atom stereocenters. The minimum absolute atomic E-state index is 0.151. The highest BCUT2D eigenvalue weighted by atomic mass is 19.2. The molecule has 0 nitrogen and oxygen atoms in total. The molecular weight excluding hydrogens is 419 g/mol. The van der Waals surface area contributed by atoms with Crippen LogP contribution in [0.2, 0.25) is 0 Å². The SMILES string of the molecule is CCCCCc1ccc(C2CCc3c(cc(F)c(-c4cc(F)c(F)c(F)c4)c3F)C2)cc1. The molecule has 32 heavy (non-hydrogen) atoms. The highest BCUT2D eigenvalue weighted by Gasteiger charge is 2.27. The first-order valence-corrected chi connectivity index (χ1v) is 11.1. The van der Waals surface area contributed by atoms with Crippen molar-refractivity contribution in [1.29, 1.82) is 0 Å². The molecule has 0 aromatic heterocycles. The van der Waals surface area contributed by atoms with E-state index in [1.807, 2.05) is 0 Å². The Labute approximate surface area is 185 Å². The van der Waals surface area contributed by atoms with Gasteiger partial charge in [0.25, 0.3) is 0 Å². The van der Waals surface area contributed by atoms with Crippen LogP contribution in [0.5, 0.6) is 0 Å². The average Bonchev–Trinajstić information content (AvgIpc) is 2.77. The summed E-state index contributed by atoms with van der Waals surface area (Å²) >= 11 is 0. The number of aryl methyl sites for hydroxylation is 1. The number of rotatable bonds is 6. The van der Waals surface area contributed by atoms with E-state index in [9.17, 15) is 17.6 Å². The van der Waals surface area contributed by atoms with E-state index in [4.69, 9.17) is 0 Å². The van der Waals surface area contributed by atoms with Crippen molar-refractivity contribution < 1.29 is 22.0 Å². The predicted molar refractivity (Wildman–Crippen MR) is 116 cm³/mol. The molecule has 1 aliphatic rings. The summed E-state index contributed by atoms with van der Waals surface area (Å²) in [4.78, 5) is 0. The van der Waals surface area contributed by atoms with Gasteiger partial charge in [0.15, 0.2) is 17.5 Å². The standard InChI is InChI=1S/C27H25F5/c1-2-3-4-5-16-6-8-17(9-7-16)18-10-11-21-19(12-18)13-22(28)25(26(21)31)20-14-23(29)27(32)24(30)15-20/h6-9,13-15,18H,2-5,10-12H2,1H3. The predicted octanol–water partition coefficient (Wildman–Crippen LogP) is 8.05. The number of unbranched alkanes of at least 4 members (excludes halogenated alkanes) is 2. The monoisotopic (exact) mass is 444 g/mol. The Morgan fingerprint density at radius 3 is 2.16 bits per heavy atom. The molecule has 0 saturated carbocycles. The van der Waals surface area contributed by atoms with Crippen LogP contribution >= 0.6 is 0 Å². The third-order valence-corrected chi connectivity index (χ3v) is 6.41. The number of hydrogen-bond acceptors (Lipinski definition) is 0. The van der Waals surface area contributed by atoms with Crippen molar-refractivity contribution in [2.45, 2.75) is 57.8 Å². The second kappa shape index (κ2) is 9.43. The van der Waals surface area contributed by atoms with Gasteiger partial charge < -0.3 is 0 Å². The molecule has 0 amide bonds. The quantitative estimate of drug-likeness (QED) is 0.205. The van der Waals surface area contributed by atoms with Gasteiger partial charge in [-0.15, -0.1) is 0 Å². The first kappa shape index (κ1) is 22.5. The van der Waals surface area contributed by atoms with Gasteiger partial charge in [-0.2, -0.15) is 0 Å². The van der Waals surface area contributed by atoms with E-state index in [0.717, 1.165) is 18.4 Å². The first-order valence-electron chi connectivity index (χ1n) is 11.1. The van der Waals surface area contributed by atoms with Crippen LogP contribution in [0, 0.1) is 29.1 Å². The number of halogens is 5. The van der Waals surface area contributed by atoms with Crippen LogP contribution in [-0.4, -0.2) is 0 Å². The Balaban J connectivity index is 1.59. The lowest BCUT2D eigenvalue weighted by Crippen LogP contribution is -2.16. The smallest absolute Gasteiger partial charge is 0.194 e. The summed E-state index contributed by atoms with van der Waals surface area (Å²) in [5, 5.41) is 0. The number of hydrogen-bond donors (Lipinski definition) is 0. The maximum absolute atomic E-state index is 15.2. The van der Waals surface area contributed by atoms with E-state index in [1.165, 1.54) is 24.5 Å². The van der Waals surface area contributed by atoms with Crippen molar-refractivity contribution in [3.63, 3.8) is 0 Å². The molecule has 0 saturated heterocycles. The van der Waals surface area contributed by atoms with E-state index < -0.39 is 34.6 Å². The van der Waals surface area contributed by atoms with Gasteiger partial charge in [0, 0.05) is 0 Å². The van der Waals surface area contributed by atoms with Crippen LogP contribution in [-0.2, 0) is 19.3 Å². The summed E-state index contributed by atoms with van der Waals surface area (Å²) in [6, 6.07) is 11.0. The molecule has 0 spiro atoms. The summed E-state index contributed by atoms with van der Waals surface area (Å²) in [5.41, 5.74) is 2.49. The Morgan fingerprint density at radius 1 is 0.812 bits per heavy atom. The zero-order valence-corrected chi connectivity index (χ0v) is 18.0. The van der Waals surface area contributed by atoms with Crippen LogP contribution in [0.15, 0.2) is 42.5 Å². The molecule has 0 fully saturated rings. The molecule has 168 valence electrons. The molecule has 1 aliphatic carbocycles. The largest absolute Gasteiger partial charge is 0.206 e. The maximum Gasteiger partial charge on any atom is 0.194 e. The number of benzene rings is 3. The van der Waals surface area contributed by atoms with E-state index in [0.29, 0.717) is 42.5 Å². The van der Waals surface area contributed by atoms with Crippen LogP contribution < -0.4 is 0 Å². The summed E-state index contributed by atoms with van der Waals surface area (Å²) in [6.45, 7) is 2.18. The van der Waals surface area contributed by atoms with Gasteiger partial charge in [0.2, 0.25) is 0 Å². The van der Waals surface area contributed by atoms with Crippen LogP contribution in [0.4, 0.5) is 22.0 Å². The topological polar surface area (TPSA) is 0 Å². The van der Waals surface area contributed by atoms with Crippen molar-refractivity contribution in [2.24, 2.45) is 0 Å². The van der Waals surface area contributed by atoms with Gasteiger partial charge in [-0.1, -0.05) is 44.0 Å². The Kier molecular flexibility index (Phi) is 6.63. The van der Waals surface area contributed by atoms with Gasteiger partial charge in [0.1, 0.15) is 11.6 Å². The van der Waals surface area contributed by atoms with Crippen LogP contribution in [0.3, 0.4) is 0 Å². The molecule has 0 radical (unpaired) electrons. The maximum atomic E-state index is 15.2. The first-order chi connectivity index (χ1) is 15.4.